The van der Waals surface area contributed by atoms with Gasteiger partial charge in [0.05, 0.1) is 32.5 Å². The predicted molar refractivity (Wildman–Crippen MR) is 124 cm³/mol. The molecule has 0 radical (unpaired) electrons. The first-order valence-corrected chi connectivity index (χ1v) is 13.4. The topological polar surface area (TPSA) is 217 Å². The number of benzene rings is 2. The summed E-state index contributed by atoms with van der Waals surface area (Å²) in [5.41, 5.74) is 12.3. The molecule has 7 N–H and O–H groups in total. The van der Waals surface area contributed by atoms with E-state index in [1.807, 2.05) is 0 Å². The minimum absolute atomic E-state index is 0.0600. The van der Waals surface area contributed by atoms with Crippen LogP contribution in [0.15, 0.2) is 55.3 Å². The molecule has 1 aromatic heterocycles. The monoisotopic (exact) mass is 509 g/mol. The maximum atomic E-state index is 13.0. The van der Waals surface area contributed by atoms with E-state index >= 15 is 0 Å². The molecule has 0 fully saturated rings. The molecule has 4 rings (SSSR count). The normalized spacial score (nSPS) is 15.2. The second-order valence-electron chi connectivity index (χ2n) is 7.10. The molecule has 0 saturated heterocycles. The van der Waals surface area contributed by atoms with Crippen LogP contribution in [-0.2, 0) is 19.9 Å². The van der Waals surface area contributed by atoms with Gasteiger partial charge in [-0.25, -0.2) is 32.0 Å². The van der Waals surface area contributed by atoms with Crippen molar-refractivity contribution in [3.05, 3.63) is 35.9 Å². The molecule has 2 heterocycles. The van der Waals surface area contributed by atoms with Crippen LogP contribution in [0, 0.1) is 0 Å². The highest BCUT2D eigenvalue weighted by Gasteiger charge is 2.33. The van der Waals surface area contributed by atoms with Crippen LogP contribution >= 0.6 is 11.3 Å². The molecule has 0 bridgehead atoms. The lowest BCUT2D eigenvalue weighted by molar-refractivity contribution is 0.205. The number of anilines is 1. The van der Waals surface area contributed by atoms with Crippen molar-refractivity contribution in [3.63, 3.8) is 0 Å². The number of amidine groups is 1. The van der Waals surface area contributed by atoms with Gasteiger partial charge in [-0.2, -0.15) is 5.11 Å². The van der Waals surface area contributed by atoms with Crippen molar-refractivity contribution < 1.29 is 21.9 Å². The number of sulfonamides is 1. The molecule has 174 valence electrons. The molecule has 33 heavy (non-hydrogen) atoms. The van der Waals surface area contributed by atoms with Gasteiger partial charge in [0.25, 0.3) is 0 Å². The molecule has 15 heteroatoms. The Morgan fingerprint density at radius 1 is 1.12 bits per heavy atom. The third kappa shape index (κ3) is 4.38. The van der Waals surface area contributed by atoms with E-state index in [-0.39, 0.29) is 30.2 Å². The molecule has 12 nitrogen and oxygen atoms in total. The summed E-state index contributed by atoms with van der Waals surface area (Å²) in [7, 11) is -8.95. The summed E-state index contributed by atoms with van der Waals surface area (Å²) in [6, 6.07) is 7.76. The van der Waals surface area contributed by atoms with Gasteiger partial charge >= 0.3 is 0 Å². The number of azo groups is 1. The van der Waals surface area contributed by atoms with E-state index in [4.69, 9.17) is 16.6 Å². The highest BCUT2D eigenvalue weighted by molar-refractivity contribution is 7.93. The molecule has 0 aliphatic carbocycles. The Kier molecular flexibility index (Phi) is 6.02. The number of sulfone groups is 1. The molecule has 1 aliphatic rings. The molecule has 2 aromatic carbocycles. The number of thiazole rings is 1. The summed E-state index contributed by atoms with van der Waals surface area (Å²) in [6.07, 6.45) is -1.40. The Morgan fingerprint density at radius 2 is 1.88 bits per heavy atom. The zero-order valence-electron chi connectivity index (χ0n) is 16.9. The SMILES string of the molecule is NC[C@@H](O)CS(=O)(=O)c1ccc(-c2cccc3sc(N)nc23)c(C2=NCN=N2)c1S(N)(=O)=O. The van der Waals surface area contributed by atoms with E-state index in [9.17, 15) is 21.9 Å². The minimum Gasteiger partial charge on any atom is -0.391 e. The van der Waals surface area contributed by atoms with Gasteiger partial charge in [-0.15, -0.1) is 5.11 Å². The van der Waals surface area contributed by atoms with Crippen LogP contribution in [0.3, 0.4) is 0 Å². The second kappa shape index (κ2) is 8.51. The van der Waals surface area contributed by atoms with Crippen molar-refractivity contribution in [3.8, 4) is 11.1 Å². The summed E-state index contributed by atoms with van der Waals surface area (Å²) in [5, 5.41) is 23.3. The van der Waals surface area contributed by atoms with E-state index in [0.29, 0.717) is 16.2 Å². The van der Waals surface area contributed by atoms with Crippen molar-refractivity contribution in [1.29, 1.82) is 0 Å². The lowest BCUT2D eigenvalue weighted by atomic mass is 9.98. The third-order valence-electron chi connectivity index (χ3n) is 4.82. The van der Waals surface area contributed by atoms with Gasteiger partial charge in [0, 0.05) is 12.1 Å². The average Bonchev–Trinajstić information content (AvgIpc) is 3.40. The van der Waals surface area contributed by atoms with Crippen LogP contribution in [0.4, 0.5) is 5.13 Å². The number of aliphatic imine (C=N–C) groups is 1. The standard InChI is InChI=1S/C18H19N7O5S3/c19-6-9(26)7-32(27,28)13-5-4-10(11-2-1-3-12-15(11)24-18(20)31-12)14(16(13)33(21,29)30)17-22-8-23-25-17/h1-5,9,26H,6-8,19H2,(H2,20,24)(H2,21,29,30)/t9-/m1/s1. The first kappa shape index (κ1) is 23.3. The van der Waals surface area contributed by atoms with Crippen molar-refractivity contribution in [1.82, 2.24) is 4.98 Å². The smallest absolute Gasteiger partial charge is 0.240 e. The number of primary sulfonamides is 1. The zero-order valence-corrected chi connectivity index (χ0v) is 19.4. The van der Waals surface area contributed by atoms with Crippen LogP contribution in [0.5, 0.6) is 0 Å². The molecule has 0 spiro atoms. The second-order valence-corrected chi connectivity index (χ2v) is 11.7. The Bertz CT molecular complexity index is 1530. The van der Waals surface area contributed by atoms with E-state index in [1.165, 1.54) is 17.4 Å². The molecule has 1 aliphatic heterocycles. The summed E-state index contributed by atoms with van der Waals surface area (Å²) < 4.78 is 52.3. The summed E-state index contributed by atoms with van der Waals surface area (Å²) in [4.78, 5) is 7.15. The number of para-hydroxylation sites is 1. The Balaban J connectivity index is 2.11. The largest absolute Gasteiger partial charge is 0.391 e. The third-order valence-corrected chi connectivity index (χ3v) is 8.63. The Morgan fingerprint density at radius 3 is 2.52 bits per heavy atom. The quantitative estimate of drug-likeness (QED) is 0.350. The fourth-order valence-electron chi connectivity index (χ4n) is 3.49. The van der Waals surface area contributed by atoms with Crippen LogP contribution in [0.1, 0.15) is 5.56 Å². The highest BCUT2D eigenvalue weighted by Crippen LogP contribution is 2.39. The first-order valence-electron chi connectivity index (χ1n) is 9.41. The number of fused-ring (bicyclic) bond motifs is 1. The average molecular weight is 510 g/mol. The number of nitrogen functional groups attached to an aromatic ring is 1. The van der Waals surface area contributed by atoms with Crippen molar-refractivity contribution in [2.24, 2.45) is 26.1 Å². The maximum Gasteiger partial charge on any atom is 0.240 e. The number of nitrogens with two attached hydrogens (primary N) is 3. The van der Waals surface area contributed by atoms with Crippen LogP contribution in [0.25, 0.3) is 21.3 Å². The lowest BCUT2D eigenvalue weighted by Crippen LogP contribution is -2.30. The van der Waals surface area contributed by atoms with Crippen LogP contribution in [0.2, 0.25) is 0 Å². The lowest BCUT2D eigenvalue weighted by Gasteiger charge is -2.18. The fraction of sp³-hybridized carbons (Fsp3) is 0.222. The van der Waals surface area contributed by atoms with Gasteiger partial charge in [0.1, 0.15) is 4.90 Å². The first-order chi connectivity index (χ1) is 15.5. The van der Waals surface area contributed by atoms with Gasteiger partial charge in [0.2, 0.25) is 10.0 Å². The number of hydrogen-bond acceptors (Lipinski definition) is 12. The summed E-state index contributed by atoms with van der Waals surface area (Å²) in [5.74, 6) is -0.887. The number of aliphatic hydroxyl groups excluding tert-OH is 1. The molecular weight excluding hydrogens is 490 g/mol. The van der Waals surface area contributed by atoms with Crippen molar-refractivity contribution in [2.75, 3.05) is 24.7 Å². The van der Waals surface area contributed by atoms with Gasteiger partial charge in [-0.05, 0) is 17.7 Å². The number of hydrogen-bond donors (Lipinski definition) is 4. The Labute approximate surface area is 192 Å². The molecule has 0 saturated carbocycles. The molecule has 3 aromatic rings. The van der Waals surface area contributed by atoms with E-state index < -0.39 is 41.5 Å². The van der Waals surface area contributed by atoms with Crippen LogP contribution in [-0.4, -0.2) is 57.8 Å². The van der Waals surface area contributed by atoms with E-state index in [0.717, 1.165) is 10.8 Å². The zero-order chi connectivity index (χ0) is 24.0. The number of aromatic nitrogens is 1. The molecule has 0 amide bonds. The van der Waals surface area contributed by atoms with Gasteiger partial charge in [0.15, 0.2) is 27.5 Å². The minimum atomic E-state index is -4.62. The maximum absolute atomic E-state index is 13.0. The van der Waals surface area contributed by atoms with Crippen molar-refractivity contribution in [2.45, 2.75) is 15.9 Å². The fourth-order valence-corrected chi connectivity index (χ4v) is 7.30. The predicted octanol–water partition coefficient (Wildman–Crippen LogP) is 0.456. The number of nitrogens with zero attached hydrogens (tertiary/aromatic N) is 4. The van der Waals surface area contributed by atoms with E-state index in [2.05, 4.69) is 20.2 Å². The summed E-state index contributed by atoms with van der Waals surface area (Å²) >= 11 is 1.24. The van der Waals surface area contributed by atoms with Crippen molar-refractivity contribution >= 4 is 52.4 Å². The number of rotatable bonds is 7. The van der Waals surface area contributed by atoms with Gasteiger partial charge in [-0.3, -0.25) is 0 Å². The molecule has 0 unspecified atom stereocenters. The summed E-state index contributed by atoms with van der Waals surface area (Å²) in [6.45, 7) is -0.390. The molecule has 1 atom stereocenters. The van der Waals surface area contributed by atoms with E-state index in [1.54, 1.807) is 18.2 Å². The van der Waals surface area contributed by atoms with Gasteiger partial charge < -0.3 is 16.6 Å². The Hall–Kier alpha value is -2.82. The number of aliphatic hydroxyl groups is 1. The highest BCUT2D eigenvalue weighted by atomic mass is 32.2. The van der Waals surface area contributed by atoms with Gasteiger partial charge in [-0.1, -0.05) is 29.5 Å². The molecular formula is C18H19N7O5S3. The van der Waals surface area contributed by atoms with Crippen LogP contribution < -0.4 is 16.6 Å².